The Labute approximate surface area is 113 Å². The van der Waals surface area contributed by atoms with Crippen molar-refractivity contribution in [3.63, 3.8) is 0 Å². The Kier molecular flexibility index (Phi) is 4.24. The zero-order valence-electron chi connectivity index (χ0n) is 11.6. The molecular formula is C14H21N3O2. The number of carbonyl (C=O) groups excluding carboxylic acids is 1. The quantitative estimate of drug-likeness (QED) is 0.668. The van der Waals surface area contributed by atoms with Gasteiger partial charge in [0.2, 0.25) is 0 Å². The Morgan fingerprint density at radius 1 is 1.58 bits per heavy atom. The van der Waals surface area contributed by atoms with Gasteiger partial charge in [0.25, 0.3) is 0 Å². The zero-order valence-corrected chi connectivity index (χ0v) is 11.6. The molecule has 0 aliphatic heterocycles. The highest BCUT2D eigenvalue weighted by atomic mass is 16.5. The molecule has 5 nitrogen and oxygen atoms in total. The molecule has 1 aromatic rings. The van der Waals surface area contributed by atoms with E-state index >= 15 is 0 Å². The van der Waals surface area contributed by atoms with Crippen LogP contribution in [0.3, 0.4) is 0 Å². The van der Waals surface area contributed by atoms with E-state index in [0.29, 0.717) is 18.3 Å². The molecule has 2 N–H and O–H groups in total. The highest BCUT2D eigenvalue weighted by Gasteiger charge is 2.21. The Bertz CT molecular complexity index is 491. The molecule has 1 aliphatic rings. The lowest BCUT2D eigenvalue weighted by atomic mass is 9.94. The molecule has 2 rings (SSSR count). The van der Waals surface area contributed by atoms with Crippen LogP contribution in [0, 0.1) is 12.8 Å². The second-order valence-corrected chi connectivity index (χ2v) is 4.87. The van der Waals surface area contributed by atoms with Crippen LogP contribution in [0.4, 0.5) is 5.82 Å². The maximum Gasteiger partial charge on any atom is 0.360 e. The fourth-order valence-corrected chi connectivity index (χ4v) is 2.44. The van der Waals surface area contributed by atoms with Gasteiger partial charge in [0.05, 0.1) is 6.61 Å². The van der Waals surface area contributed by atoms with Crippen molar-refractivity contribution in [1.82, 2.24) is 9.55 Å². The molecule has 0 fully saturated rings. The molecule has 0 bridgehead atoms. The van der Waals surface area contributed by atoms with Crippen LogP contribution >= 0.6 is 0 Å². The van der Waals surface area contributed by atoms with Crippen molar-refractivity contribution in [3.05, 3.63) is 23.7 Å². The van der Waals surface area contributed by atoms with E-state index in [1.165, 1.54) is 0 Å². The smallest absolute Gasteiger partial charge is 0.360 e. The minimum atomic E-state index is -0.439. The first-order chi connectivity index (χ1) is 9.13. The minimum absolute atomic E-state index is 0.241. The lowest BCUT2D eigenvalue weighted by Crippen LogP contribution is -2.16. The van der Waals surface area contributed by atoms with Gasteiger partial charge in [-0.1, -0.05) is 12.2 Å². The maximum absolute atomic E-state index is 11.7. The number of aryl methyl sites for hydroxylation is 1. The number of imidazole rings is 1. The van der Waals surface area contributed by atoms with Crippen LogP contribution < -0.4 is 5.73 Å². The zero-order chi connectivity index (χ0) is 13.8. The lowest BCUT2D eigenvalue weighted by Gasteiger charge is -2.19. The Morgan fingerprint density at radius 2 is 2.37 bits per heavy atom. The van der Waals surface area contributed by atoms with Gasteiger partial charge in [-0.2, -0.15) is 0 Å². The summed E-state index contributed by atoms with van der Waals surface area (Å²) in [6.07, 6.45) is 7.75. The molecule has 0 aromatic carbocycles. The summed E-state index contributed by atoms with van der Waals surface area (Å²) in [6.45, 7) is 4.79. The van der Waals surface area contributed by atoms with Gasteiger partial charge in [-0.05, 0) is 39.0 Å². The molecule has 0 saturated carbocycles. The Hall–Kier alpha value is -1.78. The van der Waals surface area contributed by atoms with Gasteiger partial charge >= 0.3 is 5.97 Å². The molecule has 0 radical (unpaired) electrons. The molecule has 0 saturated heterocycles. The third kappa shape index (κ3) is 2.97. The van der Waals surface area contributed by atoms with Gasteiger partial charge in [0.15, 0.2) is 5.69 Å². The highest BCUT2D eigenvalue weighted by Crippen LogP contribution is 2.24. The van der Waals surface area contributed by atoms with Gasteiger partial charge in [-0.3, -0.25) is 0 Å². The standard InChI is InChI=1S/C14H21N3O2/c1-3-19-14(18)12-13(15)17(10(2)16-12)9-11-7-5-4-6-8-11/h4-5,11H,3,6-9,15H2,1-2H3. The van der Waals surface area contributed by atoms with Crippen LogP contribution in [0.25, 0.3) is 0 Å². The molecule has 1 aliphatic carbocycles. The van der Waals surface area contributed by atoms with E-state index in [1.807, 2.05) is 11.5 Å². The molecule has 1 aromatic heterocycles. The SMILES string of the molecule is CCOC(=O)c1nc(C)n(CC2CC=CCC2)c1N. The fraction of sp³-hybridized carbons (Fsp3) is 0.571. The van der Waals surface area contributed by atoms with Crippen molar-refractivity contribution >= 4 is 11.8 Å². The predicted octanol–water partition coefficient (Wildman–Crippen LogP) is 2.31. The highest BCUT2D eigenvalue weighted by molar-refractivity contribution is 5.92. The molecular weight excluding hydrogens is 242 g/mol. The third-order valence-electron chi connectivity index (χ3n) is 3.48. The van der Waals surface area contributed by atoms with E-state index in [0.717, 1.165) is 31.6 Å². The number of rotatable bonds is 4. The van der Waals surface area contributed by atoms with Crippen molar-refractivity contribution < 1.29 is 9.53 Å². The van der Waals surface area contributed by atoms with E-state index < -0.39 is 5.97 Å². The number of allylic oxidation sites excluding steroid dienone is 2. The number of nitrogen functional groups attached to an aromatic ring is 1. The van der Waals surface area contributed by atoms with E-state index in [4.69, 9.17) is 10.5 Å². The van der Waals surface area contributed by atoms with E-state index in [2.05, 4.69) is 17.1 Å². The number of esters is 1. The summed E-state index contributed by atoms with van der Waals surface area (Å²) >= 11 is 0. The van der Waals surface area contributed by atoms with Crippen LogP contribution in [-0.2, 0) is 11.3 Å². The Morgan fingerprint density at radius 3 is 3.00 bits per heavy atom. The maximum atomic E-state index is 11.7. The van der Waals surface area contributed by atoms with Gasteiger partial charge < -0.3 is 15.0 Å². The number of hydrogen-bond acceptors (Lipinski definition) is 4. The molecule has 19 heavy (non-hydrogen) atoms. The molecule has 1 atom stereocenters. The normalized spacial score (nSPS) is 18.5. The number of carbonyl (C=O) groups is 1. The average Bonchev–Trinajstić information content (AvgIpc) is 2.68. The number of aromatic nitrogens is 2. The van der Waals surface area contributed by atoms with Crippen LogP contribution in [-0.4, -0.2) is 22.1 Å². The monoisotopic (exact) mass is 263 g/mol. The van der Waals surface area contributed by atoms with E-state index in [9.17, 15) is 4.79 Å². The number of anilines is 1. The van der Waals surface area contributed by atoms with Gasteiger partial charge in [0, 0.05) is 6.54 Å². The van der Waals surface area contributed by atoms with Crippen molar-refractivity contribution in [2.24, 2.45) is 5.92 Å². The second kappa shape index (κ2) is 5.91. The first-order valence-electron chi connectivity index (χ1n) is 6.78. The van der Waals surface area contributed by atoms with Gasteiger partial charge in [0.1, 0.15) is 11.6 Å². The van der Waals surface area contributed by atoms with Crippen LogP contribution in [0.15, 0.2) is 12.2 Å². The summed E-state index contributed by atoms with van der Waals surface area (Å²) in [5, 5.41) is 0. The van der Waals surface area contributed by atoms with Crippen LogP contribution in [0.2, 0.25) is 0 Å². The number of nitrogens with two attached hydrogens (primary N) is 1. The lowest BCUT2D eigenvalue weighted by molar-refractivity contribution is 0.0521. The van der Waals surface area contributed by atoms with Crippen molar-refractivity contribution in [2.45, 2.75) is 39.7 Å². The predicted molar refractivity (Wildman–Crippen MR) is 73.8 cm³/mol. The summed E-state index contributed by atoms with van der Waals surface area (Å²) in [5.74, 6) is 1.32. The summed E-state index contributed by atoms with van der Waals surface area (Å²) in [4.78, 5) is 16.0. The average molecular weight is 263 g/mol. The summed E-state index contributed by atoms with van der Waals surface area (Å²) in [6, 6.07) is 0. The molecule has 1 unspecified atom stereocenters. The third-order valence-corrected chi connectivity index (χ3v) is 3.48. The summed E-state index contributed by atoms with van der Waals surface area (Å²) < 4.78 is 6.89. The van der Waals surface area contributed by atoms with Crippen LogP contribution in [0.5, 0.6) is 0 Å². The minimum Gasteiger partial charge on any atom is -0.461 e. The molecule has 0 spiro atoms. The topological polar surface area (TPSA) is 70.1 Å². The van der Waals surface area contributed by atoms with Gasteiger partial charge in [-0.15, -0.1) is 0 Å². The summed E-state index contributed by atoms with van der Waals surface area (Å²) in [7, 11) is 0. The van der Waals surface area contributed by atoms with E-state index in [1.54, 1.807) is 6.92 Å². The van der Waals surface area contributed by atoms with Crippen LogP contribution in [0.1, 0.15) is 42.5 Å². The number of hydrogen-bond donors (Lipinski definition) is 1. The molecule has 0 amide bonds. The number of nitrogens with zero attached hydrogens (tertiary/aromatic N) is 2. The van der Waals surface area contributed by atoms with E-state index in [-0.39, 0.29) is 5.69 Å². The number of ether oxygens (including phenoxy) is 1. The molecule has 5 heteroatoms. The first-order valence-corrected chi connectivity index (χ1v) is 6.78. The van der Waals surface area contributed by atoms with Gasteiger partial charge in [-0.25, -0.2) is 9.78 Å². The fourth-order valence-electron chi connectivity index (χ4n) is 2.44. The Balaban J connectivity index is 2.16. The van der Waals surface area contributed by atoms with Crippen molar-refractivity contribution in [2.75, 3.05) is 12.3 Å². The largest absolute Gasteiger partial charge is 0.461 e. The molecule has 104 valence electrons. The summed E-state index contributed by atoms with van der Waals surface area (Å²) in [5.41, 5.74) is 6.28. The first kappa shape index (κ1) is 13.6. The molecule has 1 heterocycles. The van der Waals surface area contributed by atoms with Crippen molar-refractivity contribution in [3.8, 4) is 0 Å². The van der Waals surface area contributed by atoms with Crippen molar-refractivity contribution in [1.29, 1.82) is 0 Å². The second-order valence-electron chi connectivity index (χ2n) is 4.87.